The van der Waals surface area contributed by atoms with Crippen molar-refractivity contribution >= 4 is 43.0 Å². The van der Waals surface area contributed by atoms with E-state index < -0.39 is 9.84 Å². The smallest absolute Gasteiger partial charge is 0.224 e. The lowest BCUT2D eigenvalue weighted by Crippen LogP contribution is -2.15. The average Bonchev–Trinajstić information content (AvgIpc) is 3.30. The van der Waals surface area contributed by atoms with Crippen molar-refractivity contribution in [3.05, 3.63) is 40.7 Å². The van der Waals surface area contributed by atoms with E-state index in [1.165, 1.54) is 0 Å². The lowest BCUT2D eigenvalue weighted by atomic mass is 10.2. The van der Waals surface area contributed by atoms with Crippen LogP contribution >= 0.6 is 11.3 Å². The second-order valence-electron chi connectivity index (χ2n) is 7.17. The number of aromatic nitrogens is 3. The van der Waals surface area contributed by atoms with E-state index in [0.717, 1.165) is 20.9 Å². The molecule has 0 aliphatic carbocycles. The Hall–Kier alpha value is -2.26. The standard InChI is InChI=1S/C19H22N4O3S2/c1-12-19(13(2)23(22-12)14-9-10-28(25,26)11-14)21-17(24)7-8-18-20-15-5-3-4-6-16(15)27-18/h3-6,14H,7-11H2,1-2H3,(H,21,24). The number of para-hydroxylation sites is 1. The van der Waals surface area contributed by atoms with Gasteiger partial charge in [-0.25, -0.2) is 13.4 Å². The molecule has 1 unspecified atom stereocenters. The molecule has 9 heteroatoms. The molecule has 4 rings (SSSR count). The number of sulfone groups is 1. The molecular weight excluding hydrogens is 396 g/mol. The number of carbonyl (C=O) groups is 1. The highest BCUT2D eigenvalue weighted by Crippen LogP contribution is 2.29. The third-order valence-electron chi connectivity index (χ3n) is 5.05. The normalized spacial score (nSPS) is 18.6. The average molecular weight is 419 g/mol. The fraction of sp³-hybridized carbons (Fsp3) is 0.421. The van der Waals surface area contributed by atoms with Gasteiger partial charge in [0.15, 0.2) is 9.84 Å². The van der Waals surface area contributed by atoms with Gasteiger partial charge in [-0.15, -0.1) is 11.3 Å². The van der Waals surface area contributed by atoms with E-state index in [0.29, 0.717) is 30.6 Å². The van der Waals surface area contributed by atoms with Crippen LogP contribution in [-0.4, -0.2) is 40.6 Å². The molecule has 1 aliphatic heterocycles. The minimum absolute atomic E-state index is 0.0935. The summed E-state index contributed by atoms with van der Waals surface area (Å²) in [6, 6.07) is 7.78. The molecule has 7 nitrogen and oxygen atoms in total. The predicted molar refractivity (Wildman–Crippen MR) is 111 cm³/mol. The molecule has 0 spiro atoms. The van der Waals surface area contributed by atoms with E-state index in [4.69, 9.17) is 0 Å². The number of fused-ring (bicyclic) bond motifs is 1. The van der Waals surface area contributed by atoms with Crippen LogP contribution in [0.1, 0.15) is 35.3 Å². The molecule has 1 atom stereocenters. The lowest BCUT2D eigenvalue weighted by Gasteiger charge is -2.11. The summed E-state index contributed by atoms with van der Waals surface area (Å²) in [6.45, 7) is 3.70. The highest BCUT2D eigenvalue weighted by atomic mass is 32.2. The van der Waals surface area contributed by atoms with Crippen LogP contribution in [0.3, 0.4) is 0 Å². The van der Waals surface area contributed by atoms with Crippen molar-refractivity contribution in [3.63, 3.8) is 0 Å². The second-order valence-corrected chi connectivity index (χ2v) is 10.5. The molecule has 1 aromatic carbocycles. The van der Waals surface area contributed by atoms with Gasteiger partial charge >= 0.3 is 0 Å². The first-order valence-electron chi connectivity index (χ1n) is 9.23. The molecule has 148 valence electrons. The minimum Gasteiger partial charge on any atom is -0.323 e. The van der Waals surface area contributed by atoms with Gasteiger partial charge in [-0.3, -0.25) is 9.48 Å². The van der Waals surface area contributed by atoms with Gasteiger partial charge in [-0.2, -0.15) is 5.10 Å². The van der Waals surface area contributed by atoms with Gasteiger partial charge in [0.25, 0.3) is 0 Å². The van der Waals surface area contributed by atoms with E-state index in [1.807, 2.05) is 38.1 Å². The number of hydrogen-bond donors (Lipinski definition) is 1. The molecule has 1 saturated heterocycles. The Kier molecular flexibility index (Phi) is 4.96. The number of rotatable bonds is 5. The summed E-state index contributed by atoms with van der Waals surface area (Å²) < 4.78 is 26.4. The lowest BCUT2D eigenvalue weighted by molar-refractivity contribution is -0.116. The van der Waals surface area contributed by atoms with E-state index in [2.05, 4.69) is 15.4 Å². The van der Waals surface area contributed by atoms with Gasteiger partial charge in [-0.1, -0.05) is 12.1 Å². The summed E-state index contributed by atoms with van der Waals surface area (Å²) in [5.41, 5.74) is 3.14. The monoisotopic (exact) mass is 418 g/mol. The molecule has 2 aromatic heterocycles. The molecule has 28 heavy (non-hydrogen) atoms. The van der Waals surface area contributed by atoms with Gasteiger partial charge in [0, 0.05) is 12.8 Å². The Labute approximate surface area is 167 Å². The number of amides is 1. The van der Waals surface area contributed by atoms with Crippen molar-refractivity contribution in [3.8, 4) is 0 Å². The van der Waals surface area contributed by atoms with Crippen LogP contribution in [0, 0.1) is 13.8 Å². The topological polar surface area (TPSA) is 94.0 Å². The van der Waals surface area contributed by atoms with E-state index in [1.54, 1.807) is 16.0 Å². The highest BCUT2D eigenvalue weighted by Gasteiger charge is 2.31. The fourth-order valence-corrected chi connectivity index (χ4v) is 6.28. The molecule has 0 radical (unpaired) electrons. The number of thiazole rings is 1. The summed E-state index contributed by atoms with van der Waals surface area (Å²) in [6.07, 6.45) is 1.48. The van der Waals surface area contributed by atoms with Gasteiger partial charge in [-0.05, 0) is 32.4 Å². The number of nitrogens with zero attached hydrogens (tertiary/aromatic N) is 3. The van der Waals surface area contributed by atoms with Crippen LogP contribution < -0.4 is 5.32 Å². The summed E-state index contributed by atoms with van der Waals surface area (Å²) >= 11 is 1.61. The van der Waals surface area contributed by atoms with E-state index >= 15 is 0 Å². The van der Waals surface area contributed by atoms with Crippen molar-refractivity contribution in [2.24, 2.45) is 0 Å². The van der Waals surface area contributed by atoms with Crippen molar-refractivity contribution in [2.75, 3.05) is 16.8 Å². The maximum atomic E-state index is 12.5. The zero-order chi connectivity index (χ0) is 19.9. The first-order chi connectivity index (χ1) is 13.3. The highest BCUT2D eigenvalue weighted by molar-refractivity contribution is 7.91. The zero-order valence-corrected chi connectivity index (χ0v) is 17.4. The fourth-order valence-electron chi connectivity index (χ4n) is 3.62. The first kappa shape index (κ1) is 19.1. The van der Waals surface area contributed by atoms with E-state index in [-0.39, 0.29) is 23.5 Å². The van der Waals surface area contributed by atoms with Gasteiger partial charge in [0.1, 0.15) is 0 Å². The van der Waals surface area contributed by atoms with E-state index in [9.17, 15) is 13.2 Å². The third-order valence-corrected chi connectivity index (χ3v) is 7.89. The number of carbonyl (C=O) groups excluding carboxylic acids is 1. The maximum Gasteiger partial charge on any atom is 0.224 e. The Morgan fingerprint density at radius 2 is 2.11 bits per heavy atom. The number of anilines is 1. The van der Waals surface area contributed by atoms with Crippen molar-refractivity contribution in [2.45, 2.75) is 39.2 Å². The van der Waals surface area contributed by atoms with Gasteiger partial charge < -0.3 is 5.32 Å². The van der Waals surface area contributed by atoms with Crippen LogP contribution in [0.25, 0.3) is 10.2 Å². The number of hydrogen-bond acceptors (Lipinski definition) is 6. The Morgan fingerprint density at radius 1 is 1.32 bits per heavy atom. The van der Waals surface area contributed by atoms with Gasteiger partial charge in [0.2, 0.25) is 5.91 Å². The van der Waals surface area contributed by atoms with Crippen LogP contribution in [0.4, 0.5) is 5.69 Å². The predicted octanol–water partition coefficient (Wildman–Crippen LogP) is 3.04. The molecular formula is C19H22N4O3S2. The molecule has 1 aliphatic rings. The molecule has 1 fully saturated rings. The number of nitrogens with one attached hydrogen (secondary N) is 1. The quantitative estimate of drug-likeness (QED) is 0.687. The molecule has 0 saturated carbocycles. The minimum atomic E-state index is -2.99. The zero-order valence-electron chi connectivity index (χ0n) is 15.8. The number of aryl methyl sites for hydroxylation is 2. The molecule has 3 heterocycles. The van der Waals surface area contributed by atoms with Crippen LogP contribution in [-0.2, 0) is 21.1 Å². The Morgan fingerprint density at radius 3 is 2.82 bits per heavy atom. The van der Waals surface area contributed by atoms with Crippen LogP contribution in [0.2, 0.25) is 0 Å². The second kappa shape index (κ2) is 7.29. The molecule has 0 bridgehead atoms. The molecule has 1 amide bonds. The molecule has 1 N–H and O–H groups in total. The summed E-state index contributed by atoms with van der Waals surface area (Å²) in [5.74, 6) is 0.212. The number of benzene rings is 1. The summed E-state index contributed by atoms with van der Waals surface area (Å²) in [4.78, 5) is 17.0. The SMILES string of the molecule is Cc1nn(C2CCS(=O)(=O)C2)c(C)c1NC(=O)CCc1nc2ccccc2s1. The van der Waals surface area contributed by atoms with Crippen LogP contribution in [0.5, 0.6) is 0 Å². The van der Waals surface area contributed by atoms with Crippen molar-refractivity contribution < 1.29 is 13.2 Å². The Bertz CT molecular complexity index is 1110. The molecule has 3 aromatic rings. The third kappa shape index (κ3) is 3.81. The van der Waals surface area contributed by atoms with Gasteiger partial charge in [0.05, 0.1) is 49.8 Å². The Balaban J connectivity index is 1.43. The largest absolute Gasteiger partial charge is 0.323 e. The van der Waals surface area contributed by atoms with Crippen molar-refractivity contribution in [1.82, 2.24) is 14.8 Å². The van der Waals surface area contributed by atoms with Crippen molar-refractivity contribution in [1.29, 1.82) is 0 Å². The maximum absolute atomic E-state index is 12.5. The first-order valence-corrected chi connectivity index (χ1v) is 11.9. The van der Waals surface area contributed by atoms with Crippen LogP contribution in [0.15, 0.2) is 24.3 Å². The summed E-state index contributed by atoms with van der Waals surface area (Å²) in [7, 11) is -2.99. The summed E-state index contributed by atoms with van der Waals surface area (Å²) in [5, 5.41) is 8.38.